The molecule has 0 fully saturated rings. The second-order valence-electron chi connectivity index (χ2n) is 4.60. The number of halogens is 1. The van der Waals surface area contributed by atoms with Gasteiger partial charge in [-0.3, -0.25) is 9.59 Å². The molecule has 5 nitrogen and oxygen atoms in total. The lowest BCUT2D eigenvalue weighted by atomic mass is 10.1. The molecule has 2 aromatic rings. The van der Waals surface area contributed by atoms with Gasteiger partial charge in [-0.05, 0) is 40.5 Å². The van der Waals surface area contributed by atoms with E-state index in [2.05, 4.69) is 21.2 Å². The maximum Gasteiger partial charge on any atom is 0.272 e. The van der Waals surface area contributed by atoms with Crippen LogP contribution < -0.4 is 11.1 Å². The van der Waals surface area contributed by atoms with Gasteiger partial charge in [0.25, 0.3) is 11.8 Å². The summed E-state index contributed by atoms with van der Waals surface area (Å²) in [6.07, 6.45) is 2.78. The maximum absolute atomic E-state index is 12.4. The summed E-state index contributed by atoms with van der Waals surface area (Å²) in [5.74, 6) is -0.848. The first kappa shape index (κ1) is 15.3. The van der Waals surface area contributed by atoms with E-state index >= 15 is 0 Å². The largest absolute Gasteiger partial charge is 0.366 e. The highest BCUT2D eigenvalue weighted by molar-refractivity contribution is 9.10. The molecule has 1 aromatic carbocycles. The van der Waals surface area contributed by atoms with Gasteiger partial charge in [0.1, 0.15) is 5.69 Å². The average Bonchev–Trinajstić information content (AvgIpc) is 2.80. The van der Waals surface area contributed by atoms with E-state index in [4.69, 9.17) is 5.73 Å². The van der Waals surface area contributed by atoms with Crippen molar-refractivity contribution in [1.82, 2.24) is 4.57 Å². The topological polar surface area (TPSA) is 77.1 Å². The van der Waals surface area contributed by atoms with Gasteiger partial charge in [0.15, 0.2) is 0 Å². The van der Waals surface area contributed by atoms with Crippen LogP contribution in [0.2, 0.25) is 0 Å². The number of primary amides is 1. The Morgan fingerprint density at radius 3 is 2.71 bits per heavy atom. The SMILES string of the molecule is CCCn1cc(Br)cc1C(=O)Nc1ccccc1C(N)=O. The van der Waals surface area contributed by atoms with E-state index < -0.39 is 5.91 Å². The van der Waals surface area contributed by atoms with Gasteiger partial charge in [0.05, 0.1) is 11.3 Å². The van der Waals surface area contributed by atoms with Crippen LogP contribution in [0.15, 0.2) is 41.0 Å². The Balaban J connectivity index is 2.28. The number of aryl methyl sites for hydroxylation is 1. The lowest BCUT2D eigenvalue weighted by molar-refractivity contribution is 0.100. The Hall–Kier alpha value is -2.08. The van der Waals surface area contributed by atoms with Crippen LogP contribution >= 0.6 is 15.9 Å². The van der Waals surface area contributed by atoms with Gasteiger partial charge in [-0.25, -0.2) is 0 Å². The number of nitrogens with two attached hydrogens (primary N) is 1. The third-order valence-electron chi connectivity index (χ3n) is 3.00. The predicted octanol–water partition coefficient (Wildman–Crippen LogP) is 3.01. The quantitative estimate of drug-likeness (QED) is 0.870. The second-order valence-corrected chi connectivity index (χ2v) is 5.52. The summed E-state index contributed by atoms with van der Waals surface area (Å²) in [4.78, 5) is 23.8. The third-order valence-corrected chi connectivity index (χ3v) is 3.43. The number of anilines is 1. The maximum atomic E-state index is 12.4. The molecule has 110 valence electrons. The van der Waals surface area contributed by atoms with Gasteiger partial charge >= 0.3 is 0 Å². The van der Waals surface area contributed by atoms with Crippen LogP contribution in [0.4, 0.5) is 5.69 Å². The number of amides is 2. The molecular formula is C15H16BrN3O2. The summed E-state index contributed by atoms with van der Waals surface area (Å²) in [7, 11) is 0. The van der Waals surface area contributed by atoms with Crippen LogP contribution in [0.1, 0.15) is 34.2 Å². The molecule has 0 aliphatic carbocycles. The molecule has 1 aromatic heterocycles. The Kier molecular flexibility index (Phi) is 4.80. The van der Waals surface area contributed by atoms with Crippen molar-refractivity contribution in [3.8, 4) is 0 Å². The summed E-state index contributed by atoms with van der Waals surface area (Å²) in [6, 6.07) is 8.42. The number of nitrogens with zero attached hydrogens (tertiary/aromatic N) is 1. The molecule has 2 rings (SSSR count). The number of rotatable bonds is 5. The van der Waals surface area contributed by atoms with Crippen molar-refractivity contribution in [2.45, 2.75) is 19.9 Å². The molecule has 3 N–H and O–H groups in total. The normalized spacial score (nSPS) is 10.4. The van der Waals surface area contributed by atoms with Crippen molar-refractivity contribution in [3.05, 3.63) is 52.3 Å². The van der Waals surface area contributed by atoms with E-state index in [0.29, 0.717) is 16.9 Å². The van der Waals surface area contributed by atoms with Gasteiger partial charge in [-0.1, -0.05) is 19.1 Å². The predicted molar refractivity (Wildman–Crippen MR) is 85.3 cm³/mol. The average molecular weight is 350 g/mol. The minimum atomic E-state index is -0.573. The van der Waals surface area contributed by atoms with E-state index in [1.165, 1.54) is 0 Å². The molecule has 0 spiro atoms. The van der Waals surface area contributed by atoms with Crippen LogP contribution in [-0.2, 0) is 6.54 Å². The minimum Gasteiger partial charge on any atom is -0.366 e. The van der Waals surface area contributed by atoms with E-state index in [0.717, 1.165) is 17.4 Å². The molecule has 0 unspecified atom stereocenters. The van der Waals surface area contributed by atoms with Crippen LogP contribution in [0.5, 0.6) is 0 Å². The van der Waals surface area contributed by atoms with Crippen LogP contribution in [0, 0.1) is 0 Å². The fraction of sp³-hybridized carbons (Fsp3) is 0.200. The molecule has 2 amide bonds. The number of para-hydroxylation sites is 1. The molecule has 0 atom stereocenters. The minimum absolute atomic E-state index is 0.275. The molecule has 0 aliphatic heterocycles. The van der Waals surface area contributed by atoms with E-state index in [1.54, 1.807) is 30.3 Å². The van der Waals surface area contributed by atoms with Crippen molar-refractivity contribution >= 4 is 33.4 Å². The van der Waals surface area contributed by atoms with Crippen molar-refractivity contribution in [1.29, 1.82) is 0 Å². The zero-order valence-corrected chi connectivity index (χ0v) is 13.2. The third kappa shape index (κ3) is 3.52. The number of carbonyl (C=O) groups is 2. The Labute approximate surface area is 131 Å². The van der Waals surface area contributed by atoms with E-state index in [9.17, 15) is 9.59 Å². The molecule has 0 saturated carbocycles. The number of nitrogens with one attached hydrogen (secondary N) is 1. The Bertz CT molecular complexity index is 679. The molecule has 1 heterocycles. The smallest absolute Gasteiger partial charge is 0.272 e. The first-order valence-electron chi connectivity index (χ1n) is 6.58. The molecule has 0 radical (unpaired) electrons. The Morgan fingerprint density at radius 2 is 2.05 bits per heavy atom. The lowest BCUT2D eigenvalue weighted by Crippen LogP contribution is -2.20. The van der Waals surface area contributed by atoms with Crippen LogP contribution in [-0.4, -0.2) is 16.4 Å². The molecule has 6 heteroatoms. The van der Waals surface area contributed by atoms with Crippen LogP contribution in [0.3, 0.4) is 0 Å². The van der Waals surface area contributed by atoms with Crippen LogP contribution in [0.25, 0.3) is 0 Å². The Morgan fingerprint density at radius 1 is 1.33 bits per heavy atom. The summed E-state index contributed by atoms with van der Waals surface area (Å²) in [5.41, 5.74) is 6.54. The van der Waals surface area contributed by atoms with Crippen molar-refractivity contribution in [2.24, 2.45) is 5.73 Å². The summed E-state index contributed by atoms with van der Waals surface area (Å²) >= 11 is 3.37. The number of hydrogen-bond acceptors (Lipinski definition) is 2. The zero-order chi connectivity index (χ0) is 15.4. The monoisotopic (exact) mass is 349 g/mol. The molecule has 21 heavy (non-hydrogen) atoms. The standard InChI is InChI=1S/C15H16BrN3O2/c1-2-7-19-9-10(16)8-13(19)15(21)18-12-6-4-3-5-11(12)14(17)20/h3-6,8-9H,2,7H2,1H3,(H2,17,20)(H,18,21). The number of hydrogen-bond donors (Lipinski definition) is 2. The highest BCUT2D eigenvalue weighted by Crippen LogP contribution is 2.19. The molecule has 0 bridgehead atoms. The second kappa shape index (κ2) is 6.58. The van der Waals surface area contributed by atoms with E-state index in [-0.39, 0.29) is 5.91 Å². The summed E-state index contributed by atoms with van der Waals surface area (Å²) < 4.78 is 2.70. The number of carbonyl (C=O) groups excluding carboxylic acids is 2. The van der Waals surface area contributed by atoms with Crippen molar-refractivity contribution in [2.75, 3.05) is 5.32 Å². The van der Waals surface area contributed by atoms with Gasteiger partial charge in [-0.2, -0.15) is 0 Å². The molecule has 0 aliphatic rings. The number of benzene rings is 1. The van der Waals surface area contributed by atoms with Crippen molar-refractivity contribution < 1.29 is 9.59 Å². The lowest BCUT2D eigenvalue weighted by Gasteiger charge is -2.10. The summed E-state index contributed by atoms with van der Waals surface area (Å²) in [5, 5.41) is 2.74. The summed E-state index contributed by atoms with van der Waals surface area (Å²) in [6.45, 7) is 2.78. The fourth-order valence-corrected chi connectivity index (χ4v) is 2.55. The molecule has 0 saturated heterocycles. The van der Waals surface area contributed by atoms with E-state index in [1.807, 2.05) is 17.7 Å². The fourth-order valence-electron chi connectivity index (χ4n) is 2.08. The first-order valence-corrected chi connectivity index (χ1v) is 7.38. The highest BCUT2D eigenvalue weighted by atomic mass is 79.9. The highest BCUT2D eigenvalue weighted by Gasteiger charge is 2.15. The van der Waals surface area contributed by atoms with Crippen molar-refractivity contribution in [3.63, 3.8) is 0 Å². The van der Waals surface area contributed by atoms with Gasteiger partial charge < -0.3 is 15.6 Å². The van der Waals surface area contributed by atoms with Gasteiger partial charge in [0, 0.05) is 17.2 Å². The van der Waals surface area contributed by atoms with Gasteiger partial charge in [-0.15, -0.1) is 0 Å². The number of aromatic nitrogens is 1. The zero-order valence-electron chi connectivity index (χ0n) is 11.6. The van der Waals surface area contributed by atoms with Gasteiger partial charge in [0.2, 0.25) is 0 Å². The first-order chi connectivity index (χ1) is 10.0. The molecular weight excluding hydrogens is 334 g/mol.